The highest BCUT2D eigenvalue weighted by molar-refractivity contribution is 6.11. The third-order valence-corrected chi connectivity index (χ3v) is 9.65. The summed E-state index contributed by atoms with van der Waals surface area (Å²) in [7, 11) is 0. The number of para-hydroxylation sites is 1. The van der Waals surface area contributed by atoms with Crippen LogP contribution in [0.2, 0.25) is 0 Å². The van der Waals surface area contributed by atoms with Crippen molar-refractivity contribution in [2.45, 2.75) is 19.3 Å². The molecule has 46 heavy (non-hydrogen) atoms. The van der Waals surface area contributed by atoms with Gasteiger partial charge in [-0.05, 0) is 80.9 Å². The second kappa shape index (κ2) is 10.2. The molecule has 0 aliphatic heterocycles. The van der Waals surface area contributed by atoms with Gasteiger partial charge in [0.15, 0.2) is 0 Å². The first-order valence-corrected chi connectivity index (χ1v) is 15.9. The topological polar surface area (TPSA) is 26.0 Å². The molecule has 0 saturated heterocycles. The fraction of sp³-hybridized carbons (Fsp3) is 0.0682. The van der Waals surface area contributed by atoms with Crippen molar-refractivity contribution in [3.63, 3.8) is 0 Å². The maximum absolute atomic E-state index is 6.29. The fourth-order valence-corrected chi connectivity index (χ4v) is 7.39. The van der Waals surface area contributed by atoms with Crippen molar-refractivity contribution >= 4 is 21.9 Å². The average molecular weight is 590 g/mol. The molecule has 9 rings (SSSR count). The van der Waals surface area contributed by atoms with Crippen LogP contribution in [0.4, 0.5) is 0 Å². The molecule has 6 aromatic carbocycles. The van der Waals surface area contributed by atoms with Gasteiger partial charge < -0.3 is 4.42 Å². The van der Waals surface area contributed by atoms with E-state index < -0.39 is 0 Å². The molecule has 2 heteroatoms. The predicted octanol–water partition coefficient (Wildman–Crippen LogP) is 12.0. The van der Waals surface area contributed by atoms with Gasteiger partial charge in [-0.1, -0.05) is 129 Å². The van der Waals surface area contributed by atoms with Gasteiger partial charge in [-0.2, -0.15) is 0 Å². The molecule has 0 spiro atoms. The normalized spacial score (nSPS) is 13.2. The molecule has 0 radical (unpaired) electrons. The highest BCUT2D eigenvalue weighted by Crippen LogP contribution is 2.53. The zero-order valence-corrected chi connectivity index (χ0v) is 25.8. The van der Waals surface area contributed by atoms with Gasteiger partial charge >= 0.3 is 0 Å². The van der Waals surface area contributed by atoms with Crippen LogP contribution in [0.5, 0.6) is 0 Å². The molecule has 2 nitrogen and oxygen atoms in total. The molecule has 218 valence electrons. The van der Waals surface area contributed by atoms with Gasteiger partial charge in [0.05, 0.1) is 11.4 Å². The molecule has 2 aromatic heterocycles. The van der Waals surface area contributed by atoms with Crippen molar-refractivity contribution in [2.24, 2.45) is 0 Å². The summed E-state index contributed by atoms with van der Waals surface area (Å²) in [5, 5.41) is 2.42. The van der Waals surface area contributed by atoms with Crippen LogP contribution in [0, 0.1) is 0 Å². The Bertz CT molecular complexity index is 2380. The zero-order chi connectivity index (χ0) is 30.8. The number of hydrogen-bond acceptors (Lipinski definition) is 2. The molecule has 1 aliphatic rings. The first-order valence-electron chi connectivity index (χ1n) is 15.9. The van der Waals surface area contributed by atoms with Crippen molar-refractivity contribution in [1.82, 2.24) is 4.98 Å². The summed E-state index contributed by atoms with van der Waals surface area (Å²) in [5.74, 6) is 0. The SMILES string of the molecule is CC1(C)c2cc(-c3cccc(-c4cc(-c5ccccc5)nc(-c5ccccc5)c4)c3)ccc2-c2ccc3oc4ccccc4c3c21. The third kappa shape index (κ3) is 4.14. The van der Waals surface area contributed by atoms with E-state index in [2.05, 4.69) is 147 Å². The van der Waals surface area contributed by atoms with Crippen molar-refractivity contribution in [3.8, 4) is 55.9 Å². The van der Waals surface area contributed by atoms with Crippen LogP contribution in [0.3, 0.4) is 0 Å². The van der Waals surface area contributed by atoms with Gasteiger partial charge in [0.25, 0.3) is 0 Å². The van der Waals surface area contributed by atoms with E-state index in [1.807, 2.05) is 18.2 Å². The van der Waals surface area contributed by atoms with E-state index in [9.17, 15) is 0 Å². The zero-order valence-electron chi connectivity index (χ0n) is 25.8. The summed E-state index contributed by atoms with van der Waals surface area (Å²) >= 11 is 0. The van der Waals surface area contributed by atoms with Crippen LogP contribution in [0.25, 0.3) is 77.8 Å². The maximum atomic E-state index is 6.29. The monoisotopic (exact) mass is 589 g/mol. The van der Waals surface area contributed by atoms with Crippen molar-refractivity contribution in [1.29, 1.82) is 0 Å². The van der Waals surface area contributed by atoms with Crippen LogP contribution in [0.15, 0.2) is 156 Å². The number of pyridine rings is 1. The molecule has 0 unspecified atom stereocenters. The highest BCUT2D eigenvalue weighted by atomic mass is 16.3. The second-order valence-corrected chi connectivity index (χ2v) is 12.8. The van der Waals surface area contributed by atoms with E-state index in [0.717, 1.165) is 39.2 Å². The smallest absolute Gasteiger partial charge is 0.135 e. The van der Waals surface area contributed by atoms with E-state index in [0.29, 0.717) is 0 Å². The molecule has 0 N–H and O–H groups in total. The van der Waals surface area contributed by atoms with Gasteiger partial charge in [-0.3, -0.25) is 0 Å². The van der Waals surface area contributed by atoms with Crippen LogP contribution >= 0.6 is 0 Å². The number of nitrogens with zero attached hydrogens (tertiary/aromatic N) is 1. The van der Waals surface area contributed by atoms with Gasteiger partial charge in [-0.25, -0.2) is 4.98 Å². The van der Waals surface area contributed by atoms with E-state index >= 15 is 0 Å². The second-order valence-electron chi connectivity index (χ2n) is 12.8. The van der Waals surface area contributed by atoms with Crippen molar-refractivity contribution < 1.29 is 4.42 Å². The predicted molar refractivity (Wildman–Crippen MR) is 191 cm³/mol. The van der Waals surface area contributed by atoms with E-state index in [1.165, 1.54) is 49.7 Å². The molecule has 0 saturated carbocycles. The van der Waals surface area contributed by atoms with Gasteiger partial charge in [0.2, 0.25) is 0 Å². The molecular weight excluding hydrogens is 558 g/mol. The van der Waals surface area contributed by atoms with Crippen LogP contribution in [-0.2, 0) is 5.41 Å². The molecule has 0 amide bonds. The molecule has 2 heterocycles. The van der Waals surface area contributed by atoms with E-state index in [4.69, 9.17) is 9.40 Å². The summed E-state index contributed by atoms with van der Waals surface area (Å²) in [6.07, 6.45) is 0. The lowest BCUT2D eigenvalue weighted by atomic mass is 9.80. The Morgan fingerprint density at radius 2 is 1.04 bits per heavy atom. The Hall–Kier alpha value is -5.73. The molecular formula is C44H31NO. The van der Waals surface area contributed by atoms with Crippen LogP contribution in [-0.4, -0.2) is 4.98 Å². The molecule has 0 atom stereocenters. The first kappa shape index (κ1) is 26.7. The molecule has 1 aliphatic carbocycles. The minimum Gasteiger partial charge on any atom is -0.456 e. The van der Waals surface area contributed by atoms with Crippen LogP contribution in [0.1, 0.15) is 25.0 Å². The Labute approximate surface area is 268 Å². The lowest BCUT2D eigenvalue weighted by molar-refractivity contribution is 0.657. The van der Waals surface area contributed by atoms with Crippen LogP contribution < -0.4 is 0 Å². The van der Waals surface area contributed by atoms with Gasteiger partial charge in [0, 0.05) is 27.3 Å². The van der Waals surface area contributed by atoms with Crippen molar-refractivity contribution in [3.05, 3.63) is 163 Å². The first-order chi connectivity index (χ1) is 22.5. The number of rotatable bonds is 4. The quantitative estimate of drug-likeness (QED) is 0.204. The minimum absolute atomic E-state index is 0.176. The number of benzene rings is 6. The molecule has 8 aromatic rings. The summed E-state index contributed by atoms with van der Waals surface area (Å²) in [6, 6.07) is 54.0. The maximum Gasteiger partial charge on any atom is 0.135 e. The summed E-state index contributed by atoms with van der Waals surface area (Å²) in [4.78, 5) is 5.08. The molecule has 0 bridgehead atoms. The summed E-state index contributed by atoms with van der Waals surface area (Å²) < 4.78 is 6.29. The number of furan rings is 1. The number of hydrogen-bond donors (Lipinski definition) is 0. The summed E-state index contributed by atoms with van der Waals surface area (Å²) in [6.45, 7) is 4.71. The largest absolute Gasteiger partial charge is 0.456 e. The highest BCUT2D eigenvalue weighted by Gasteiger charge is 2.38. The number of fused-ring (bicyclic) bond motifs is 7. The van der Waals surface area contributed by atoms with E-state index in [-0.39, 0.29) is 5.41 Å². The Morgan fingerprint density at radius 3 is 1.76 bits per heavy atom. The lowest BCUT2D eigenvalue weighted by Gasteiger charge is -2.23. The third-order valence-electron chi connectivity index (χ3n) is 9.65. The molecule has 0 fully saturated rings. The average Bonchev–Trinajstić information content (AvgIpc) is 3.60. The Morgan fingerprint density at radius 1 is 0.457 bits per heavy atom. The van der Waals surface area contributed by atoms with Gasteiger partial charge in [-0.15, -0.1) is 0 Å². The Balaban J connectivity index is 1.16. The van der Waals surface area contributed by atoms with E-state index in [1.54, 1.807) is 0 Å². The fourth-order valence-electron chi connectivity index (χ4n) is 7.39. The standard InChI is InChI=1S/C44H31NO/c1-44(2)37-25-32(20-21-34(37)35-22-23-41-42(43(35)44)36-18-9-10-19-40(36)46-41)30-16-11-17-31(24-30)33-26-38(28-12-5-3-6-13-28)45-39(27-33)29-14-7-4-8-15-29/h3-27H,1-2H3. The van der Waals surface area contributed by atoms with Gasteiger partial charge in [0.1, 0.15) is 11.2 Å². The minimum atomic E-state index is -0.176. The lowest BCUT2D eigenvalue weighted by Crippen LogP contribution is -2.15. The van der Waals surface area contributed by atoms with Crippen molar-refractivity contribution in [2.75, 3.05) is 0 Å². The Kier molecular flexibility index (Phi) is 5.88. The number of aromatic nitrogens is 1. The summed E-state index contributed by atoms with van der Waals surface area (Å²) in [5.41, 5.74) is 15.9.